The number of rotatable bonds is 7. The van der Waals surface area contributed by atoms with Gasteiger partial charge in [0.2, 0.25) is 5.91 Å². The number of carbonyl (C=O) groups excluding carboxylic acids is 3. The molecule has 1 aromatic carbocycles. The summed E-state index contributed by atoms with van der Waals surface area (Å²) in [4.78, 5) is 38.4. The molecular formula is C22H32N4O3. The van der Waals surface area contributed by atoms with E-state index in [1.807, 2.05) is 12.1 Å². The molecule has 4 amide bonds. The lowest BCUT2D eigenvalue weighted by molar-refractivity contribution is -0.121. The van der Waals surface area contributed by atoms with Crippen molar-refractivity contribution in [1.29, 1.82) is 0 Å². The van der Waals surface area contributed by atoms with E-state index < -0.39 is 0 Å². The molecular weight excluding hydrogens is 368 g/mol. The monoisotopic (exact) mass is 400 g/mol. The summed E-state index contributed by atoms with van der Waals surface area (Å²) < 4.78 is 0. The first-order valence-corrected chi connectivity index (χ1v) is 10.6. The molecule has 7 heteroatoms. The van der Waals surface area contributed by atoms with Crippen molar-refractivity contribution < 1.29 is 14.4 Å². The quantitative estimate of drug-likeness (QED) is 0.656. The first-order chi connectivity index (χ1) is 14.0. The molecule has 158 valence electrons. The Labute approximate surface area is 172 Å². The number of imide groups is 1. The van der Waals surface area contributed by atoms with Crippen molar-refractivity contribution in [3.63, 3.8) is 0 Å². The van der Waals surface area contributed by atoms with Gasteiger partial charge < -0.3 is 10.6 Å². The van der Waals surface area contributed by atoms with Gasteiger partial charge in [0.05, 0.1) is 6.54 Å². The standard InChI is InChI=1S/C22H32N4O3/c1-15-5-3-4-6-19(15)24-22(29)25-20(27)14-26(18-11-12-18)13-16-7-9-17(10-8-16)21(28)23-2/h7-10,15,18-19H,3-6,11-14H2,1-2H3,(H,23,28)(H2,24,25,27,29). The maximum absolute atomic E-state index is 12.4. The van der Waals surface area contributed by atoms with E-state index in [-0.39, 0.29) is 30.4 Å². The molecule has 2 saturated carbocycles. The van der Waals surface area contributed by atoms with E-state index >= 15 is 0 Å². The third-order valence-corrected chi connectivity index (χ3v) is 5.92. The molecule has 3 N–H and O–H groups in total. The lowest BCUT2D eigenvalue weighted by Crippen LogP contribution is -2.50. The molecule has 0 saturated heterocycles. The summed E-state index contributed by atoms with van der Waals surface area (Å²) in [5.41, 5.74) is 1.65. The Morgan fingerprint density at radius 2 is 1.72 bits per heavy atom. The molecule has 0 aromatic heterocycles. The van der Waals surface area contributed by atoms with Gasteiger partial charge >= 0.3 is 6.03 Å². The van der Waals surface area contributed by atoms with Crippen molar-refractivity contribution in [1.82, 2.24) is 20.9 Å². The molecule has 0 spiro atoms. The third kappa shape index (κ3) is 6.29. The van der Waals surface area contributed by atoms with Crippen LogP contribution in [0.2, 0.25) is 0 Å². The van der Waals surface area contributed by atoms with Crippen LogP contribution in [0.15, 0.2) is 24.3 Å². The smallest absolute Gasteiger partial charge is 0.321 e. The maximum atomic E-state index is 12.4. The highest BCUT2D eigenvalue weighted by molar-refractivity contribution is 5.95. The van der Waals surface area contributed by atoms with E-state index in [1.165, 1.54) is 6.42 Å². The molecule has 7 nitrogen and oxygen atoms in total. The number of amides is 4. The number of nitrogens with zero attached hydrogens (tertiary/aromatic N) is 1. The van der Waals surface area contributed by atoms with Crippen molar-refractivity contribution in [3.8, 4) is 0 Å². The van der Waals surface area contributed by atoms with Gasteiger partial charge in [-0.1, -0.05) is 31.9 Å². The summed E-state index contributed by atoms with van der Waals surface area (Å²) >= 11 is 0. The summed E-state index contributed by atoms with van der Waals surface area (Å²) in [5, 5.41) is 8.06. The van der Waals surface area contributed by atoms with E-state index in [0.717, 1.165) is 37.7 Å². The van der Waals surface area contributed by atoms with Gasteiger partial charge in [-0.05, 0) is 49.3 Å². The highest BCUT2D eigenvalue weighted by Crippen LogP contribution is 2.28. The lowest BCUT2D eigenvalue weighted by atomic mass is 9.86. The summed E-state index contributed by atoms with van der Waals surface area (Å²) in [5.74, 6) is 0.0541. The fraction of sp³-hybridized carbons (Fsp3) is 0.591. The van der Waals surface area contributed by atoms with Crippen LogP contribution in [0.25, 0.3) is 0 Å². The molecule has 2 atom stereocenters. The molecule has 3 rings (SSSR count). The Morgan fingerprint density at radius 1 is 1.03 bits per heavy atom. The molecule has 29 heavy (non-hydrogen) atoms. The van der Waals surface area contributed by atoms with Crippen LogP contribution >= 0.6 is 0 Å². The van der Waals surface area contributed by atoms with Gasteiger partial charge in [-0.15, -0.1) is 0 Å². The fourth-order valence-corrected chi connectivity index (χ4v) is 3.98. The van der Waals surface area contributed by atoms with Crippen LogP contribution in [0.5, 0.6) is 0 Å². The number of carbonyl (C=O) groups is 3. The Kier molecular flexibility index (Phi) is 7.25. The molecule has 2 aliphatic rings. The molecule has 2 unspecified atom stereocenters. The molecule has 0 heterocycles. The van der Waals surface area contributed by atoms with Crippen LogP contribution in [-0.4, -0.2) is 48.4 Å². The van der Waals surface area contributed by atoms with E-state index in [1.54, 1.807) is 19.2 Å². The van der Waals surface area contributed by atoms with Crippen molar-refractivity contribution >= 4 is 17.8 Å². The molecule has 0 aliphatic heterocycles. The largest absolute Gasteiger partial charge is 0.355 e. The van der Waals surface area contributed by atoms with E-state index in [9.17, 15) is 14.4 Å². The van der Waals surface area contributed by atoms with Crippen LogP contribution in [0.1, 0.15) is 61.4 Å². The molecule has 0 radical (unpaired) electrons. The first kappa shape index (κ1) is 21.3. The minimum atomic E-state index is -0.389. The minimum Gasteiger partial charge on any atom is -0.355 e. The van der Waals surface area contributed by atoms with Gasteiger partial charge in [-0.25, -0.2) is 4.79 Å². The minimum absolute atomic E-state index is 0.117. The van der Waals surface area contributed by atoms with E-state index in [4.69, 9.17) is 0 Å². The molecule has 2 fully saturated rings. The third-order valence-electron chi connectivity index (χ3n) is 5.92. The Morgan fingerprint density at radius 3 is 2.34 bits per heavy atom. The average Bonchev–Trinajstić information content (AvgIpc) is 3.54. The zero-order chi connectivity index (χ0) is 20.8. The molecule has 0 bridgehead atoms. The van der Waals surface area contributed by atoms with Gasteiger partial charge in [0.1, 0.15) is 0 Å². The van der Waals surface area contributed by atoms with Crippen LogP contribution in [-0.2, 0) is 11.3 Å². The lowest BCUT2D eigenvalue weighted by Gasteiger charge is -2.29. The molecule has 1 aromatic rings. The second-order valence-electron chi connectivity index (χ2n) is 8.30. The highest BCUT2D eigenvalue weighted by atomic mass is 16.2. The number of benzene rings is 1. The fourth-order valence-electron chi connectivity index (χ4n) is 3.98. The van der Waals surface area contributed by atoms with Crippen molar-refractivity contribution in [3.05, 3.63) is 35.4 Å². The van der Waals surface area contributed by atoms with Crippen molar-refractivity contribution in [2.24, 2.45) is 5.92 Å². The summed E-state index contributed by atoms with van der Waals surface area (Å²) in [6, 6.07) is 7.54. The zero-order valence-corrected chi connectivity index (χ0v) is 17.4. The van der Waals surface area contributed by atoms with Gasteiger partial charge in [0, 0.05) is 31.2 Å². The SMILES string of the molecule is CNC(=O)c1ccc(CN(CC(=O)NC(=O)NC2CCCCC2C)C2CC2)cc1. The second kappa shape index (κ2) is 9.87. The Bertz CT molecular complexity index is 730. The number of nitrogens with one attached hydrogen (secondary N) is 3. The van der Waals surface area contributed by atoms with E-state index in [0.29, 0.717) is 24.1 Å². The summed E-state index contributed by atoms with van der Waals surface area (Å²) in [7, 11) is 1.61. The maximum Gasteiger partial charge on any atom is 0.321 e. The van der Waals surface area contributed by atoms with Gasteiger partial charge in [-0.3, -0.25) is 19.8 Å². The second-order valence-corrected chi connectivity index (χ2v) is 8.30. The normalized spacial score (nSPS) is 21.5. The predicted octanol–water partition coefficient (Wildman–Crippen LogP) is 2.42. The van der Waals surface area contributed by atoms with Crippen LogP contribution < -0.4 is 16.0 Å². The van der Waals surface area contributed by atoms with Crippen molar-refractivity contribution in [2.75, 3.05) is 13.6 Å². The molecule has 2 aliphatic carbocycles. The van der Waals surface area contributed by atoms with Gasteiger partial charge in [0.15, 0.2) is 0 Å². The number of hydrogen-bond acceptors (Lipinski definition) is 4. The van der Waals surface area contributed by atoms with Crippen LogP contribution in [0, 0.1) is 5.92 Å². The Hall–Kier alpha value is -2.41. The zero-order valence-electron chi connectivity index (χ0n) is 17.4. The first-order valence-electron chi connectivity index (χ1n) is 10.6. The predicted molar refractivity (Wildman–Crippen MR) is 111 cm³/mol. The summed E-state index contributed by atoms with van der Waals surface area (Å²) in [6.07, 6.45) is 6.55. The van der Waals surface area contributed by atoms with Crippen LogP contribution in [0.3, 0.4) is 0 Å². The van der Waals surface area contributed by atoms with Gasteiger partial charge in [0.25, 0.3) is 5.91 Å². The highest BCUT2D eigenvalue weighted by Gasteiger charge is 2.31. The van der Waals surface area contributed by atoms with E-state index in [2.05, 4.69) is 27.8 Å². The average molecular weight is 401 g/mol. The number of urea groups is 1. The Balaban J connectivity index is 1.50. The summed E-state index contributed by atoms with van der Waals surface area (Å²) in [6.45, 7) is 2.96. The van der Waals surface area contributed by atoms with Crippen LogP contribution in [0.4, 0.5) is 4.79 Å². The number of hydrogen-bond donors (Lipinski definition) is 3. The van der Waals surface area contributed by atoms with Crippen molar-refractivity contribution in [2.45, 2.75) is 64.1 Å². The topological polar surface area (TPSA) is 90.5 Å². The van der Waals surface area contributed by atoms with Gasteiger partial charge in [-0.2, -0.15) is 0 Å².